The summed E-state index contributed by atoms with van der Waals surface area (Å²) >= 11 is 3.44. The van der Waals surface area contributed by atoms with Crippen molar-refractivity contribution in [2.24, 2.45) is 0 Å². The maximum Gasteiger partial charge on any atom is 0.234 e. The minimum absolute atomic E-state index is 0.0361. The van der Waals surface area contributed by atoms with Gasteiger partial charge in [-0.25, -0.2) is 5.01 Å². The Morgan fingerprint density at radius 3 is 2.78 bits per heavy atom. The number of ether oxygens (including phenoxy) is 1. The first-order valence-electron chi connectivity index (χ1n) is 5.82. The predicted molar refractivity (Wildman–Crippen MR) is 75.5 cm³/mol. The van der Waals surface area contributed by atoms with Gasteiger partial charge in [0.2, 0.25) is 5.91 Å². The average Bonchev–Trinajstić information content (AvgIpc) is 2.28. The third-order valence-corrected chi connectivity index (χ3v) is 2.93. The molecular weight excluding hydrogens is 296 g/mol. The van der Waals surface area contributed by atoms with Crippen LogP contribution in [0.3, 0.4) is 0 Å². The molecule has 5 heteroatoms. The summed E-state index contributed by atoms with van der Waals surface area (Å²) < 4.78 is 6.32. The number of methoxy groups -OCH3 is 1. The van der Waals surface area contributed by atoms with Crippen LogP contribution < -0.4 is 10.2 Å². The molecule has 4 nitrogen and oxygen atoms in total. The molecule has 0 aromatic heterocycles. The molecule has 0 aliphatic carbocycles. The van der Waals surface area contributed by atoms with Gasteiger partial charge in [-0.15, -0.1) is 0 Å². The van der Waals surface area contributed by atoms with Crippen LogP contribution in [-0.2, 0) is 11.2 Å². The second-order valence-electron chi connectivity index (χ2n) is 4.24. The molecule has 0 atom stereocenters. The summed E-state index contributed by atoms with van der Waals surface area (Å²) in [6.45, 7) is 0. The van der Waals surface area contributed by atoms with Crippen molar-refractivity contribution in [1.29, 1.82) is 0 Å². The quantitative estimate of drug-likeness (QED) is 0.820. The second-order valence-corrected chi connectivity index (χ2v) is 5.15. The maximum atomic E-state index is 11.5. The number of hydrogen-bond donors (Lipinski definition) is 1. The van der Waals surface area contributed by atoms with E-state index < -0.39 is 0 Å². The summed E-state index contributed by atoms with van der Waals surface area (Å²) in [6.07, 6.45) is 2.13. The Labute approximate surface area is 116 Å². The van der Waals surface area contributed by atoms with E-state index in [0.29, 0.717) is 6.42 Å². The van der Waals surface area contributed by atoms with Crippen LogP contribution in [0.1, 0.15) is 18.4 Å². The highest BCUT2D eigenvalue weighted by atomic mass is 79.9. The first-order valence-corrected chi connectivity index (χ1v) is 6.61. The Hall–Kier alpha value is -1.07. The lowest BCUT2D eigenvalue weighted by atomic mass is 10.1. The molecule has 1 aromatic carbocycles. The van der Waals surface area contributed by atoms with Gasteiger partial charge in [-0.2, -0.15) is 0 Å². The van der Waals surface area contributed by atoms with Crippen molar-refractivity contribution in [3.05, 3.63) is 28.2 Å². The van der Waals surface area contributed by atoms with Gasteiger partial charge in [0, 0.05) is 25.0 Å². The van der Waals surface area contributed by atoms with E-state index in [9.17, 15) is 4.79 Å². The third-order valence-electron chi connectivity index (χ3n) is 2.44. The summed E-state index contributed by atoms with van der Waals surface area (Å²) in [4.78, 5) is 11.5. The monoisotopic (exact) mass is 314 g/mol. The molecule has 0 saturated carbocycles. The average molecular weight is 315 g/mol. The smallest absolute Gasteiger partial charge is 0.234 e. The zero-order chi connectivity index (χ0) is 13.5. The summed E-state index contributed by atoms with van der Waals surface area (Å²) in [6, 6.07) is 5.91. The Kier molecular flexibility index (Phi) is 6.15. The third kappa shape index (κ3) is 5.06. The minimum Gasteiger partial charge on any atom is -0.496 e. The zero-order valence-corrected chi connectivity index (χ0v) is 12.6. The molecule has 0 heterocycles. The second kappa shape index (κ2) is 7.38. The maximum absolute atomic E-state index is 11.5. The van der Waals surface area contributed by atoms with Crippen molar-refractivity contribution in [1.82, 2.24) is 10.4 Å². The molecule has 0 bridgehead atoms. The van der Waals surface area contributed by atoms with Crippen molar-refractivity contribution in [3.8, 4) is 5.75 Å². The van der Waals surface area contributed by atoms with E-state index in [1.807, 2.05) is 18.2 Å². The van der Waals surface area contributed by atoms with Gasteiger partial charge in [0.25, 0.3) is 0 Å². The SMILES string of the molecule is COc1ccc(Br)cc1CCCC(=O)NN(C)C. The van der Waals surface area contributed by atoms with Crippen molar-refractivity contribution in [2.45, 2.75) is 19.3 Å². The van der Waals surface area contributed by atoms with E-state index >= 15 is 0 Å². The molecule has 0 fully saturated rings. The van der Waals surface area contributed by atoms with Gasteiger partial charge in [0.1, 0.15) is 5.75 Å². The number of benzene rings is 1. The summed E-state index contributed by atoms with van der Waals surface area (Å²) in [7, 11) is 5.26. The number of nitrogens with zero attached hydrogens (tertiary/aromatic N) is 1. The molecule has 0 saturated heterocycles. The highest BCUT2D eigenvalue weighted by Crippen LogP contribution is 2.24. The van der Waals surface area contributed by atoms with E-state index in [1.165, 1.54) is 0 Å². The number of halogens is 1. The molecule has 0 spiro atoms. The van der Waals surface area contributed by atoms with Gasteiger partial charge in [0.15, 0.2) is 0 Å². The molecule has 1 N–H and O–H groups in total. The Balaban J connectivity index is 2.48. The largest absolute Gasteiger partial charge is 0.496 e. The van der Waals surface area contributed by atoms with Crippen LogP contribution in [-0.4, -0.2) is 32.1 Å². The van der Waals surface area contributed by atoms with Crippen LogP contribution in [0.2, 0.25) is 0 Å². The Morgan fingerprint density at radius 1 is 1.44 bits per heavy atom. The fourth-order valence-electron chi connectivity index (χ4n) is 1.69. The van der Waals surface area contributed by atoms with Crippen LogP contribution in [0.4, 0.5) is 0 Å². The fraction of sp³-hybridized carbons (Fsp3) is 0.462. The predicted octanol–water partition coefficient (Wildman–Crippen LogP) is 2.37. The van der Waals surface area contributed by atoms with Gasteiger partial charge < -0.3 is 4.74 Å². The molecule has 0 radical (unpaired) electrons. The topological polar surface area (TPSA) is 41.6 Å². The number of hydrogen-bond acceptors (Lipinski definition) is 3. The molecule has 18 heavy (non-hydrogen) atoms. The summed E-state index contributed by atoms with van der Waals surface area (Å²) in [5.74, 6) is 0.903. The highest BCUT2D eigenvalue weighted by Gasteiger charge is 2.06. The van der Waals surface area contributed by atoms with E-state index in [0.717, 1.165) is 28.6 Å². The fourth-order valence-corrected chi connectivity index (χ4v) is 2.10. The number of rotatable bonds is 6. The molecule has 100 valence electrons. The van der Waals surface area contributed by atoms with Crippen LogP contribution in [0, 0.1) is 0 Å². The van der Waals surface area contributed by atoms with Crippen LogP contribution in [0.25, 0.3) is 0 Å². The summed E-state index contributed by atoms with van der Waals surface area (Å²) in [5, 5.41) is 1.65. The normalized spacial score (nSPS) is 10.5. The van der Waals surface area contributed by atoms with Crippen LogP contribution in [0.5, 0.6) is 5.75 Å². The van der Waals surface area contributed by atoms with Crippen molar-refractivity contribution >= 4 is 21.8 Å². The van der Waals surface area contributed by atoms with E-state index in [1.54, 1.807) is 26.2 Å². The summed E-state index contributed by atoms with van der Waals surface area (Å²) in [5.41, 5.74) is 3.84. The van der Waals surface area contributed by atoms with Gasteiger partial charge in [-0.1, -0.05) is 15.9 Å². The minimum atomic E-state index is 0.0361. The lowest BCUT2D eigenvalue weighted by Crippen LogP contribution is -2.35. The molecule has 0 unspecified atom stereocenters. The van der Waals surface area contributed by atoms with E-state index in [-0.39, 0.29) is 5.91 Å². The number of carbonyl (C=O) groups is 1. The van der Waals surface area contributed by atoms with Gasteiger partial charge in [-0.3, -0.25) is 10.2 Å². The number of aryl methyl sites for hydroxylation is 1. The molecule has 1 amide bonds. The molecule has 0 aliphatic rings. The number of carbonyl (C=O) groups excluding carboxylic acids is 1. The lowest BCUT2D eigenvalue weighted by molar-refractivity contribution is -0.124. The first-order chi connectivity index (χ1) is 8.52. The lowest BCUT2D eigenvalue weighted by Gasteiger charge is -2.12. The van der Waals surface area contributed by atoms with Crippen LogP contribution in [0.15, 0.2) is 22.7 Å². The molecule has 1 rings (SSSR count). The van der Waals surface area contributed by atoms with Crippen molar-refractivity contribution < 1.29 is 9.53 Å². The molecular formula is C13H19BrN2O2. The zero-order valence-electron chi connectivity index (χ0n) is 11.0. The molecule has 0 aliphatic heterocycles. The molecule has 1 aromatic rings. The van der Waals surface area contributed by atoms with Crippen LogP contribution >= 0.6 is 15.9 Å². The number of nitrogens with one attached hydrogen (secondary N) is 1. The van der Waals surface area contributed by atoms with E-state index in [2.05, 4.69) is 21.4 Å². The highest BCUT2D eigenvalue weighted by molar-refractivity contribution is 9.10. The van der Waals surface area contributed by atoms with E-state index in [4.69, 9.17) is 4.74 Å². The Morgan fingerprint density at radius 2 is 2.17 bits per heavy atom. The van der Waals surface area contributed by atoms with Gasteiger partial charge >= 0.3 is 0 Å². The number of hydrazine groups is 1. The number of amides is 1. The van der Waals surface area contributed by atoms with Crippen molar-refractivity contribution in [2.75, 3.05) is 21.2 Å². The first kappa shape index (κ1) is 15.0. The van der Waals surface area contributed by atoms with Gasteiger partial charge in [-0.05, 0) is 36.6 Å². The Bertz CT molecular complexity index is 408. The standard InChI is InChI=1S/C13H19BrN2O2/c1-16(2)15-13(17)6-4-5-10-9-11(14)7-8-12(10)18-3/h7-9H,4-6H2,1-3H3,(H,15,17). The van der Waals surface area contributed by atoms with Crippen molar-refractivity contribution in [3.63, 3.8) is 0 Å². The van der Waals surface area contributed by atoms with Gasteiger partial charge in [0.05, 0.1) is 7.11 Å².